The molecule has 1 aliphatic carbocycles. The van der Waals surface area contributed by atoms with Gasteiger partial charge in [-0.25, -0.2) is 9.97 Å². The summed E-state index contributed by atoms with van der Waals surface area (Å²) >= 11 is 2.66. The highest BCUT2D eigenvalue weighted by Gasteiger charge is 2.23. The molecule has 0 fully saturated rings. The molecule has 0 aliphatic heterocycles. The Balaban J connectivity index is 1.84. The highest BCUT2D eigenvalue weighted by molar-refractivity contribution is 7.99. The third kappa shape index (κ3) is 3.43. The average Bonchev–Trinajstić information content (AvgIpc) is 3.09. The first-order valence-electron chi connectivity index (χ1n) is 8.93. The Kier molecular flexibility index (Phi) is 5.17. The molecule has 29 heavy (non-hydrogen) atoms. The van der Waals surface area contributed by atoms with Crippen LogP contribution in [0.1, 0.15) is 29.0 Å². The third-order valence-electron chi connectivity index (χ3n) is 4.70. The number of allylic oxidation sites excluding steroid dienone is 1. The van der Waals surface area contributed by atoms with Crippen LogP contribution in [0.3, 0.4) is 0 Å². The largest absolute Gasteiger partial charge is 0.305 e. The number of nitriles is 1. The molecule has 4 rings (SSSR count). The molecule has 0 radical (unpaired) electrons. The van der Waals surface area contributed by atoms with Crippen LogP contribution in [-0.2, 0) is 19.4 Å². The maximum atomic E-state index is 13.2. The lowest BCUT2D eigenvalue weighted by atomic mass is 9.97. The molecule has 0 aromatic carbocycles. The Hall–Kier alpha value is -3.03. The van der Waals surface area contributed by atoms with E-state index in [0.29, 0.717) is 20.4 Å². The highest BCUT2D eigenvalue weighted by Crippen LogP contribution is 2.35. The Bertz CT molecular complexity index is 1260. The van der Waals surface area contributed by atoms with E-state index in [1.807, 2.05) is 0 Å². The molecule has 146 valence electrons. The zero-order valence-corrected chi connectivity index (χ0v) is 16.9. The molecule has 0 saturated carbocycles. The minimum absolute atomic E-state index is 0.112. The number of fused-ring (bicyclic) bond motifs is 3. The number of thiophene rings is 1. The molecule has 3 heterocycles. The van der Waals surface area contributed by atoms with Crippen molar-refractivity contribution in [1.29, 1.82) is 5.26 Å². The number of nitrogens with zero attached hydrogens (tertiary/aromatic N) is 5. The van der Waals surface area contributed by atoms with Gasteiger partial charge in [-0.15, -0.1) is 17.9 Å². The van der Waals surface area contributed by atoms with Crippen LogP contribution < -0.4 is 5.56 Å². The van der Waals surface area contributed by atoms with Crippen molar-refractivity contribution >= 4 is 39.0 Å². The SMILES string of the molecule is C=CCn1c(Sc2ccc([N+](=O)[O-])c(C#N)n2)nc2sc3c(c2c1=O)CCCC3. The summed E-state index contributed by atoms with van der Waals surface area (Å²) in [6.07, 6.45) is 5.67. The van der Waals surface area contributed by atoms with Crippen LogP contribution in [0.5, 0.6) is 0 Å². The van der Waals surface area contributed by atoms with Gasteiger partial charge in [-0.3, -0.25) is 19.5 Å². The van der Waals surface area contributed by atoms with Gasteiger partial charge in [0, 0.05) is 17.5 Å². The molecule has 3 aromatic heterocycles. The van der Waals surface area contributed by atoms with Gasteiger partial charge in [0.2, 0.25) is 5.69 Å². The van der Waals surface area contributed by atoms with Crippen LogP contribution in [0.15, 0.2) is 39.8 Å². The Morgan fingerprint density at radius 3 is 2.90 bits per heavy atom. The van der Waals surface area contributed by atoms with Gasteiger partial charge in [0.15, 0.2) is 5.16 Å². The predicted molar refractivity (Wildman–Crippen MR) is 110 cm³/mol. The monoisotopic (exact) mass is 425 g/mol. The van der Waals surface area contributed by atoms with E-state index in [2.05, 4.69) is 11.6 Å². The van der Waals surface area contributed by atoms with Crippen LogP contribution >= 0.6 is 23.1 Å². The van der Waals surface area contributed by atoms with Gasteiger partial charge >= 0.3 is 5.69 Å². The van der Waals surface area contributed by atoms with Crippen molar-refractivity contribution in [2.75, 3.05) is 0 Å². The fourth-order valence-electron chi connectivity index (χ4n) is 3.40. The lowest BCUT2D eigenvalue weighted by Crippen LogP contribution is -2.23. The number of hydrogen-bond donors (Lipinski definition) is 0. The molecule has 0 bridgehead atoms. The summed E-state index contributed by atoms with van der Waals surface area (Å²) in [6.45, 7) is 4.02. The Morgan fingerprint density at radius 2 is 2.17 bits per heavy atom. The number of pyridine rings is 1. The van der Waals surface area contributed by atoms with E-state index in [9.17, 15) is 14.9 Å². The van der Waals surface area contributed by atoms with E-state index < -0.39 is 4.92 Å². The quantitative estimate of drug-likeness (QED) is 0.264. The fourth-order valence-corrected chi connectivity index (χ4v) is 5.58. The van der Waals surface area contributed by atoms with E-state index in [-0.39, 0.29) is 23.5 Å². The molecule has 3 aromatic rings. The topological polar surface area (TPSA) is 115 Å². The fraction of sp³-hybridized carbons (Fsp3) is 0.263. The lowest BCUT2D eigenvalue weighted by molar-refractivity contribution is -0.385. The maximum absolute atomic E-state index is 13.2. The van der Waals surface area contributed by atoms with E-state index in [4.69, 9.17) is 10.2 Å². The third-order valence-corrected chi connectivity index (χ3v) is 6.81. The summed E-state index contributed by atoms with van der Waals surface area (Å²) in [5, 5.41) is 21.7. The van der Waals surface area contributed by atoms with Gasteiger partial charge in [-0.1, -0.05) is 6.08 Å². The minimum atomic E-state index is -0.645. The number of hydrogen-bond acceptors (Lipinski definition) is 8. The molecule has 1 aliphatic rings. The van der Waals surface area contributed by atoms with Crippen molar-refractivity contribution in [2.45, 2.75) is 42.4 Å². The Labute approximate surface area is 173 Å². The second-order valence-corrected chi connectivity index (χ2v) is 8.55. The van der Waals surface area contributed by atoms with Crippen LogP contribution in [0.25, 0.3) is 10.2 Å². The summed E-state index contributed by atoms with van der Waals surface area (Å²) in [7, 11) is 0. The Morgan fingerprint density at radius 1 is 1.38 bits per heavy atom. The molecule has 0 saturated heterocycles. The number of aryl methyl sites for hydroxylation is 2. The smallest absolute Gasteiger partial charge is 0.283 e. The van der Waals surface area contributed by atoms with Gasteiger partial charge in [0.1, 0.15) is 15.9 Å². The van der Waals surface area contributed by atoms with E-state index in [1.165, 1.54) is 21.6 Å². The number of rotatable bonds is 5. The van der Waals surface area contributed by atoms with Crippen molar-refractivity contribution in [3.05, 3.63) is 61.4 Å². The van der Waals surface area contributed by atoms with E-state index >= 15 is 0 Å². The summed E-state index contributed by atoms with van der Waals surface area (Å²) in [5.74, 6) is 0. The molecule has 0 spiro atoms. The van der Waals surface area contributed by atoms with Gasteiger partial charge in [-0.05, 0) is 49.1 Å². The van der Waals surface area contributed by atoms with Crippen molar-refractivity contribution < 1.29 is 4.92 Å². The predicted octanol–water partition coefficient (Wildman–Crippen LogP) is 3.85. The van der Waals surface area contributed by atoms with Crippen molar-refractivity contribution in [2.24, 2.45) is 0 Å². The molecular weight excluding hydrogens is 410 g/mol. The van der Waals surface area contributed by atoms with Crippen molar-refractivity contribution in [3.8, 4) is 6.07 Å². The second kappa shape index (κ2) is 7.77. The van der Waals surface area contributed by atoms with E-state index in [1.54, 1.807) is 23.5 Å². The van der Waals surface area contributed by atoms with Crippen molar-refractivity contribution in [3.63, 3.8) is 0 Å². The van der Waals surface area contributed by atoms with Gasteiger partial charge in [0.05, 0.1) is 10.3 Å². The lowest BCUT2D eigenvalue weighted by Gasteiger charge is -2.12. The summed E-state index contributed by atoms with van der Waals surface area (Å²) < 4.78 is 1.54. The number of nitro groups is 1. The average molecular weight is 425 g/mol. The summed E-state index contributed by atoms with van der Waals surface area (Å²) in [6, 6.07) is 4.45. The standard InChI is InChI=1S/C19H15N5O3S2/c1-2-9-23-18(25)16-11-5-3-4-6-14(11)28-17(16)22-19(23)29-15-8-7-13(24(26)27)12(10-20)21-15/h2,7-8H,1,3-6,9H2. The highest BCUT2D eigenvalue weighted by atomic mass is 32.2. The number of aromatic nitrogens is 3. The first kappa shape index (κ1) is 19.3. The van der Waals surface area contributed by atoms with Crippen molar-refractivity contribution in [1.82, 2.24) is 14.5 Å². The van der Waals surface area contributed by atoms with Crippen LogP contribution in [0.2, 0.25) is 0 Å². The first-order chi connectivity index (χ1) is 14.0. The van der Waals surface area contributed by atoms with Gasteiger partial charge < -0.3 is 0 Å². The molecule has 8 nitrogen and oxygen atoms in total. The van der Waals surface area contributed by atoms with Crippen LogP contribution in [0, 0.1) is 21.4 Å². The summed E-state index contributed by atoms with van der Waals surface area (Å²) in [4.78, 5) is 34.3. The van der Waals surface area contributed by atoms with Gasteiger partial charge in [-0.2, -0.15) is 5.26 Å². The zero-order chi connectivity index (χ0) is 20.5. The zero-order valence-electron chi connectivity index (χ0n) is 15.3. The molecule has 0 unspecified atom stereocenters. The van der Waals surface area contributed by atoms with Gasteiger partial charge in [0.25, 0.3) is 5.56 Å². The van der Waals surface area contributed by atoms with Crippen LogP contribution in [0.4, 0.5) is 5.69 Å². The normalized spacial score (nSPS) is 13.1. The molecule has 0 N–H and O–H groups in total. The van der Waals surface area contributed by atoms with E-state index in [0.717, 1.165) is 43.0 Å². The second-order valence-electron chi connectivity index (χ2n) is 6.48. The van der Waals surface area contributed by atoms with Crippen LogP contribution in [-0.4, -0.2) is 19.5 Å². The summed E-state index contributed by atoms with van der Waals surface area (Å²) in [5.41, 5.74) is 0.377. The first-order valence-corrected chi connectivity index (χ1v) is 10.6. The maximum Gasteiger partial charge on any atom is 0.305 e. The molecule has 10 heteroatoms. The molecular formula is C19H15N5O3S2. The molecule has 0 amide bonds. The molecule has 0 atom stereocenters. The minimum Gasteiger partial charge on any atom is -0.283 e.